The van der Waals surface area contributed by atoms with Gasteiger partial charge in [0.15, 0.2) is 0 Å². The molecule has 1 aliphatic heterocycles. The molecule has 1 aromatic rings. The molecule has 0 aromatic carbocycles. The van der Waals surface area contributed by atoms with Gasteiger partial charge in [-0.15, -0.1) is 11.3 Å². The molecule has 1 aromatic heterocycles. The fourth-order valence-corrected chi connectivity index (χ4v) is 2.34. The van der Waals surface area contributed by atoms with Crippen LogP contribution in [0.2, 0.25) is 0 Å². The Morgan fingerprint density at radius 3 is 2.77 bits per heavy atom. The summed E-state index contributed by atoms with van der Waals surface area (Å²) < 4.78 is 5.32. The Hall–Kier alpha value is -0.380. The Labute approximate surface area is 83.9 Å². The van der Waals surface area contributed by atoms with Crippen LogP contribution >= 0.6 is 11.3 Å². The molecular weight excluding hydrogens is 182 g/mol. The predicted molar refractivity (Wildman–Crippen MR) is 57.4 cm³/mol. The van der Waals surface area contributed by atoms with Gasteiger partial charge in [-0.1, -0.05) is 0 Å². The number of nitrogens with one attached hydrogen (secondary N) is 1. The molecule has 2 heterocycles. The number of hydrogen-bond acceptors (Lipinski definition) is 3. The largest absolute Gasteiger partial charge is 0.376 e. The SMILES string of the molecule is CNC.Cc1csc2c1CCOC2. The van der Waals surface area contributed by atoms with Crippen LogP contribution in [0.1, 0.15) is 16.0 Å². The topological polar surface area (TPSA) is 21.3 Å². The molecule has 2 nitrogen and oxygen atoms in total. The molecule has 0 bridgehead atoms. The van der Waals surface area contributed by atoms with Crippen LogP contribution in [0.25, 0.3) is 0 Å². The van der Waals surface area contributed by atoms with Crippen molar-refractivity contribution in [3.05, 3.63) is 21.4 Å². The Morgan fingerprint density at radius 2 is 2.15 bits per heavy atom. The van der Waals surface area contributed by atoms with E-state index in [1.165, 1.54) is 16.0 Å². The summed E-state index contributed by atoms with van der Waals surface area (Å²) in [7, 11) is 3.75. The lowest BCUT2D eigenvalue weighted by Crippen LogP contribution is -2.07. The van der Waals surface area contributed by atoms with Gasteiger partial charge in [0.05, 0.1) is 13.2 Å². The number of aryl methyl sites for hydroxylation is 1. The lowest BCUT2D eigenvalue weighted by molar-refractivity contribution is 0.113. The van der Waals surface area contributed by atoms with Gasteiger partial charge in [0, 0.05) is 4.88 Å². The average Bonchev–Trinajstić information content (AvgIpc) is 2.50. The van der Waals surface area contributed by atoms with Crippen LogP contribution in [-0.4, -0.2) is 20.7 Å². The number of hydrogen-bond donors (Lipinski definition) is 1. The maximum Gasteiger partial charge on any atom is 0.0812 e. The highest BCUT2D eigenvalue weighted by Crippen LogP contribution is 2.26. The molecular formula is C10H17NOS. The second-order valence-electron chi connectivity index (χ2n) is 3.12. The molecule has 0 atom stereocenters. The zero-order valence-corrected chi connectivity index (χ0v) is 9.33. The van der Waals surface area contributed by atoms with Crippen LogP contribution in [0.15, 0.2) is 5.38 Å². The third kappa shape index (κ3) is 2.79. The summed E-state index contributed by atoms with van der Waals surface area (Å²) in [6, 6.07) is 0. The summed E-state index contributed by atoms with van der Waals surface area (Å²) in [4.78, 5) is 1.43. The summed E-state index contributed by atoms with van der Waals surface area (Å²) in [5.41, 5.74) is 2.99. The summed E-state index contributed by atoms with van der Waals surface area (Å²) in [6.45, 7) is 3.93. The van der Waals surface area contributed by atoms with E-state index in [0.29, 0.717) is 0 Å². The van der Waals surface area contributed by atoms with Crippen LogP contribution in [-0.2, 0) is 17.8 Å². The van der Waals surface area contributed by atoms with Gasteiger partial charge < -0.3 is 10.1 Å². The first-order valence-electron chi connectivity index (χ1n) is 4.51. The highest BCUT2D eigenvalue weighted by molar-refractivity contribution is 7.10. The average molecular weight is 199 g/mol. The van der Waals surface area contributed by atoms with Crippen molar-refractivity contribution in [3.8, 4) is 0 Å². The zero-order valence-electron chi connectivity index (χ0n) is 8.52. The quantitative estimate of drug-likeness (QED) is 0.689. The third-order valence-corrected chi connectivity index (χ3v) is 3.04. The molecule has 3 heteroatoms. The van der Waals surface area contributed by atoms with Gasteiger partial charge in [-0.2, -0.15) is 0 Å². The molecule has 0 saturated carbocycles. The number of rotatable bonds is 0. The van der Waals surface area contributed by atoms with Crippen LogP contribution in [0.3, 0.4) is 0 Å². The van der Waals surface area contributed by atoms with Crippen molar-refractivity contribution in [2.45, 2.75) is 20.0 Å². The first-order valence-corrected chi connectivity index (χ1v) is 5.39. The number of thiophene rings is 1. The maximum absolute atomic E-state index is 5.32. The van der Waals surface area contributed by atoms with E-state index < -0.39 is 0 Å². The first kappa shape index (κ1) is 10.7. The van der Waals surface area contributed by atoms with Crippen LogP contribution in [0.4, 0.5) is 0 Å². The predicted octanol–water partition coefficient (Wildman–Crippen LogP) is 1.96. The summed E-state index contributed by atoms with van der Waals surface area (Å²) in [6.07, 6.45) is 1.12. The molecule has 0 unspecified atom stereocenters. The van der Waals surface area contributed by atoms with E-state index in [9.17, 15) is 0 Å². The molecule has 0 aliphatic carbocycles. The van der Waals surface area contributed by atoms with E-state index in [1.807, 2.05) is 25.4 Å². The Kier molecular flexibility index (Phi) is 4.42. The molecule has 2 rings (SSSR count). The normalized spacial score (nSPS) is 14.4. The van der Waals surface area contributed by atoms with Crippen LogP contribution in [0.5, 0.6) is 0 Å². The molecule has 1 aliphatic rings. The van der Waals surface area contributed by atoms with Crippen molar-refractivity contribution < 1.29 is 4.74 Å². The molecule has 74 valence electrons. The minimum Gasteiger partial charge on any atom is -0.376 e. The van der Waals surface area contributed by atoms with Crippen LogP contribution < -0.4 is 5.32 Å². The molecule has 0 amide bonds. The highest BCUT2D eigenvalue weighted by atomic mass is 32.1. The lowest BCUT2D eigenvalue weighted by Gasteiger charge is -2.11. The Bertz CT molecular complexity index is 257. The monoisotopic (exact) mass is 199 g/mol. The molecule has 0 radical (unpaired) electrons. The van der Waals surface area contributed by atoms with Crippen LogP contribution in [0, 0.1) is 6.92 Å². The van der Waals surface area contributed by atoms with Crippen molar-refractivity contribution in [2.75, 3.05) is 20.7 Å². The van der Waals surface area contributed by atoms with E-state index in [2.05, 4.69) is 17.6 Å². The van der Waals surface area contributed by atoms with E-state index in [4.69, 9.17) is 4.74 Å². The van der Waals surface area contributed by atoms with Gasteiger partial charge in [0.25, 0.3) is 0 Å². The standard InChI is InChI=1S/C8H10OS.C2H7N/c1-6-5-10-8-4-9-3-2-7(6)8;1-3-2/h5H,2-4H2,1H3;3H,1-2H3. The van der Waals surface area contributed by atoms with Gasteiger partial charge >= 0.3 is 0 Å². The molecule has 0 fully saturated rings. The van der Waals surface area contributed by atoms with Gasteiger partial charge in [-0.3, -0.25) is 0 Å². The first-order chi connectivity index (χ1) is 6.29. The Balaban J connectivity index is 0.000000251. The summed E-state index contributed by atoms with van der Waals surface area (Å²) in [5.74, 6) is 0. The number of fused-ring (bicyclic) bond motifs is 1. The van der Waals surface area contributed by atoms with E-state index >= 15 is 0 Å². The van der Waals surface area contributed by atoms with Crippen molar-refractivity contribution in [3.63, 3.8) is 0 Å². The van der Waals surface area contributed by atoms with Crippen molar-refractivity contribution in [2.24, 2.45) is 0 Å². The lowest BCUT2D eigenvalue weighted by atomic mass is 10.1. The minimum absolute atomic E-state index is 0.841. The van der Waals surface area contributed by atoms with Crippen molar-refractivity contribution in [1.29, 1.82) is 0 Å². The van der Waals surface area contributed by atoms with Gasteiger partial charge in [0.1, 0.15) is 0 Å². The second-order valence-corrected chi connectivity index (χ2v) is 4.09. The molecule has 0 saturated heterocycles. The summed E-state index contributed by atoms with van der Waals surface area (Å²) >= 11 is 1.83. The fraction of sp³-hybridized carbons (Fsp3) is 0.600. The van der Waals surface area contributed by atoms with Gasteiger partial charge in [0.2, 0.25) is 0 Å². The van der Waals surface area contributed by atoms with E-state index in [1.54, 1.807) is 0 Å². The highest BCUT2D eigenvalue weighted by Gasteiger charge is 2.12. The van der Waals surface area contributed by atoms with Gasteiger partial charge in [-0.05, 0) is 43.9 Å². The third-order valence-electron chi connectivity index (χ3n) is 1.92. The molecule has 1 N–H and O–H groups in total. The Morgan fingerprint density at radius 1 is 1.46 bits per heavy atom. The fourth-order valence-electron chi connectivity index (χ4n) is 1.32. The van der Waals surface area contributed by atoms with Crippen molar-refractivity contribution in [1.82, 2.24) is 5.32 Å². The van der Waals surface area contributed by atoms with E-state index in [0.717, 1.165) is 19.6 Å². The van der Waals surface area contributed by atoms with Crippen molar-refractivity contribution >= 4 is 11.3 Å². The minimum atomic E-state index is 0.841. The number of ether oxygens (including phenoxy) is 1. The van der Waals surface area contributed by atoms with E-state index in [-0.39, 0.29) is 0 Å². The molecule has 0 spiro atoms. The molecule has 13 heavy (non-hydrogen) atoms. The maximum atomic E-state index is 5.32. The second kappa shape index (κ2) is 5.37. The zero-order chi connectivity index (χ0) is 9.68. The smallest absolute Gasteiger partial charge is 0.0812 e. The summed E-state index contributed by atoms with van der Waals surface area (Å²) in [5, 5.41) is 4.97. The van der Waals surface area contributed by atoms with Gasteiger partial charge in [-0.25, -0.2) is 0 Å².